The summed E-state index contributed by atoms with van der Waals surface area (Å²) in [4.78, 5) is 12.0. The Kier molecular flexibility index (Phi) is 6.31. The van der Waals surface area contributed by atoms with Crippen LogP contribution in [0.2, 0.25) is 5.02 Å². The number of anilines is 1. The van der Waals surface area contributed by atoms with Crippen molar-refractivity contribution in [2.45, 2.75) is 18.3 Å². The van der Waals surface area contributed by atoms with E-state index >= 15 is 0 Å². The lowest BCUT2D eigenvalue weighted by Gasteiger charge is -2.10. The molecule has 0 aliphatic carbocycles. The van der Waals surface area contributed by atoms with Crippen LogP contribution in [0.3, 0.4) is 0 Å². The van der Waals surface area contributed by atoms with E-state index in [4.69, 9.17) is 20.8 Å². The molecule has 1 amide bonds. The number of aromatic nitrogens is 2. The predicted octanol–water partition coefficient (Wildman–Crippen LogP) is 4.73. The second-order valence-electron chi connectivity index (χ2n) is 5.47. The maximum atomic E-state index is 12.9. The van der Waals surface area contributed by atoms with Crippen LogP contribution in [0.1, 0.15) is 18.9 Å². The third kappa shape index (κ3) is 5.70. The third-order valence-corrected chi connectivity index (χ3v) is 4.39. The van der Waals surface area contributed by atoms with E-state index in [0.717, 1.165) is 11.8 Å². The zero-order chi connectivity index (χ0) is 19.2. The molecule has 3 aromatic rings. The van der Waals surface area contributed by atoms with E-state index in [-0.39, 0.29) is 28.6 Å². The minimum Gasteiger partial charge on any atom is -0.481 e. The van der Waals surface area contributed by atoms with Crippen LogP contribution in [0, 0.1) is 5.82 Å². The maximum absolute atomic E-state index is 12.9. The minimum atomic E-state index is -0.516. The molecule has 0 aliphatic heterocycles. The summed E-state index contributed by atoms with van der Waals surface area (Å²) < 4.78 is 24.0. The fraction of sp³-hybridized carbons (Fsp3) is 0.167. The van der Waals surface area contributed by atoms with Crippen molar-refractivity contribution in [3.8, 4) is 5.75 Å². The number of benzene rings is 2. The van der Waals surface area contributed by atoms with Gasteiger partial charge in [-0.2, -0.15) is 0 Å². The molecule has 0 aliphatic rings. The van der Waals surface area contributed by atoms with Crippen LogP contribution in [0.25, 0.3) is 0 Å². The van der Waals surface area contributed by atoms with Gasteiger partial charge in [0.15, 0.2) is 6.10 Å². The molecule has 1 aromatic heterocycles. The van der Waals surface area contributed by atoms with Gasteiger partial charge in [-0.25, -0.2) is 4.39 Å². The monoisotopic (exact) mass is 407 g/mol. The molecule has 0 spiro atoms. The van der Waals surface area contributed by atoms with Crippen molar-refractivity contribution < 1.29 is 18.3 Å². The summed E-state index contributed by atoms with van der Waals surface area (Å²) in [6.07, 6.45) is -0.516. The number of hydrogen-bond acceptors (Lipinski definition) is 6. The van der Waals surface area contributed by atoms with Gasteiger partial charge in [0.2, 0.25) is 5.91 Å². The van der Waals surface area contributed by atoms with E-state index < -0.39 is 6.10 Å². The van der Waals surface area contributed by atoms with Crippen molar-refractivity contribution in [2.24, 2.45) is 0 Å². The third-order valence-electron chi connectivity index (χ3n) is 3.33. The summed E-state index contributed by atoms with van der Waals surface area (Å²) in [5, 5.41) is 11.3. The number of nitrogens with zero attached hydrogens (tertiary/aromatic N) is 2. The van der Waals surface area contributed by atoms with Crippen molar-refractivity contribution >= 4 is 35.0 Å². The zero-order valence-electron chi connectivity index (χ0n) is 14.2. The molecule has 0 unspecified atom stereocenters. The molecule has 0 bridgehead atoms. The van der Waals surface area contributed by atoms with Gasteiger partial charge in [-0.3, -0.25) is 4.79 Å². The van der Waals surface area contributed by atoms with Gasteiger partial charge >= 0.3 is 0 Å². The summed E-state index contributed by atoms with van der Waals surface area (Å²) >= 11 is 6.99. The molecular weight excluding hydrogens is 393 g/mol. The van der Waals surface area contributed by atoms with Gasteiger partial charge < -0.3 is 14.5 Å². The first-order valence-corrected chi connectivity index (χ1v) is 9.30. The lowest BCUT2D eigenvalue weighted by atomic mass is 10.3. The normalized spacial score (nSPS) is 11.8. The average molecular weight is 408 g/mol. The zero-order valence-corrected chi connectivity index (χ0v) is 15.8. The van der Waals surface area contributed by atoms with Crippen LogP contribution >= 0.6 is 23.4 Å². The highest BCUT2D eigenvalue weighted by molar-refractivity contribution is 7.99. The van der Waals surface area contributed by atoms with Gasteiger partial charge in [-0.05, 0) is 49.4 Å². The van der Waals surface area contributed by atoms with Gasteiger partial charge in [-0.1, -0.05) is 29.4 Å². The largest absolute Gasteiger partial charge is 0.481 e. The van der Waals surface area contributed by atoms with Crippen molar-refractivity contribution in [1.29, 1.82) is 0 Å². The van der Waals surface area contributed by atoms with E-state index in [1.807, 2.05) is 0 Å². The Labute approximate surface area is 164 Å². The topological polar surface area (TPSA) is 77.2 Å². The Morgan fingerprint density at radius 1 is 1.30 bits per heavy atom. The number of rotatable bonds is 7. The van der Waals surface area contributed by atoms with Gasteiger partial charge in [0.05, 0.1) is 5.75 Å². The number of amides is 1. The fourth-order valence-electron chi connectivity index (χ4n) is 2.10. The van der Waals surface area contributed by atoms with Crippen LogP contribution < -0.4 is 10.1 Å². The molecule has 140 valence electrons. The Hall–Kier alpha value is -2.58. The summed E-state index contributed by atoms with van der Waals surface area (Å²) in [6, 6.07) is 12.5. The second-order valence-corrected chi connectivity index (χ2v) is 6.83. The number of nitrogens with one attached hydrogen (secondary N) is 1. The molecule has 0 radical (unpaired) electrons. The molecule has 1 heterocycles. The minimum absolute atomic E-state index is 0.0986. The SMILES string of the molecule is C[C@H](Oc1ccc(F)cc1)c1nnc(SCC(=O)Nc2cccc(Cl)c2)o1. The predicted molar refractivity (Wildman–Crippen MR) is 101 cm³/mol. The Balaban J connectivity index is 1.51. The van der Waals surface area contributed by atoms with Gasteiger partial charge in [0.1, 0.15) is 11.6 Å². The number of ether oxygens (including phenoxy) is 1. The van der Waals surface area contributed by atoms with Gasteiger partial charge in [0.25, 0.3) is 11.1 Å². The highest BCUT2D eigenvalue weighted by Crippen LogP contribution is 2.24. The van der Waals surface area contributed by atoms with Crippen LogP contribution in [-0.4, -0.2) is 21.9 Å². The molecule has 3 rings (SSSR count). The molecule has 1 N–H and O–H groups in total. The summed E-state index contributed by atoms with van der Waals surface area (Å²) in [6.45, 7) is 1.73. The van der Waals surface area contributed by atoms with Crippen molar-refractivity contribution in [2.75, 3.05) is 11.1 Å². The molecule has 2 aromatic carbocycles. The Bertz CT molecular complexity index is 920. The van der Waals surface area contributed by atoms with Crippen molar-refractivity contribution in [3.05, 3.63) is 65.3 Å². The summed E-state index contributed by atoms with van der Waals surface area (Å²) in [7, 11) is 0. The van der Waals surface area contributed by atoms with E-state index in [1.165, 1.54) is 24.3 Å². The van der Waals surface area contributed by atoms with Crippen molar-refractivity contribution in [3.63, 3.8) is 0 Å². The van der Waals surface area contributed by atoms with Crippen LogP contribution in [0.15, 0.2) is 58.2 Å². The molecule has 0 saturated heterocycles. The van der Waals surface area contributed by atoms with Crippen molar-refractivity contribution in [1.82, 2.24) is 10.2 Å². The standard InChI is InChI=1S/C18H15ClFN3O3S/c1-11(25-15-7-5-13(20)6-8-15)17-22-23-18(26-17)27-10-16(24)21-14-4-2-3-12(19)9-14/h2-9,11H,10H2,1H3,(H,21,24)/t11-/m0/s1. The van der Waals surface area contributed by atoms with E-state index in [9.17, 15) is 9.18 Å². The summed E-state index contributed by atoms with van der Waals surface area (Å²) in [5.74, 6) is 0.274. The molecule has 6 nitrogen and oxygen atoms in total. The number of thioether (sulfide) groups is 1. The van der Waals surface area contributed by atoms with E-state index in [1.54, 1.807) is 31.2 Å². The lowest BCUT2D eigenvalue weighted by molar-refractivity contribution is -0.113. The highest BCUT2D eigenvalue weighted by Gasteiger charge is 2.17. The second kappa shape index (κ2) is 8.88. The molecule has 1 atom stereocenters. The first-order valence-electron chi connectivity index (χ1n) is 7.93. The first kappa shape index (κ1) is 19.2. The van der Waals surface area contributed by atoms with Gasteiger partial charge in [0, 0.05) is 10.7 Å². The van der Waals surface area contributed by atoms with Crippen LogP contribution in [0.4, 0.5) is 10.1 Å². The van der Waals surface area contributed by atoms with E-state index in [0.29, 0.717) is 16.5 Å². The maximum Gasteiger partial charge on any atom is 0.277 e. The van der Waals surface area contributed by atoms with E-state index in [2.05, 4.69) is 15.5 Å². The number of halogens is 2. The lowest BCUT2D eigenvalue weighted by Crippen LogP contribution is -2.13. The molecule has 9 heteroatoms. The molecule has 27 heavy (non-hydrogen) atoms. The van der Waals surface area contributed by atoms with Crippen LogP contribution in [0.5, 0.6) is 5.75 Å². The smallest absolute Gasteiger partial charge is 0.277 e. The first-order chi connectivity index (χ1) is 13.0. The summed E-state index contributed by atoms with van der Waals surface area (Å²) in [5.41, 5.74) is 0.612. The number of carbonyl (C=O) groups excluding carboxylic acids is 1. The number of hydrogen-bond donors (Lipinski definition) is 1. The van der Waals surface area contributed by atoms with Gasteiger partial charge in [-0.15, -0.1) is 10.2 Å². The average Bonchev–Trinajstić information content (AvgIpc) is 3.11. The number of carbonyl (C=O) groups is 1. The fourth-order valence-corrected chi connectivity index (χ4v) is 2.86. The molecule has 0 saturated carbocycles. The highest BCUT2D eigenvalue weighted by atomic mass is 35.5. The Morgan fingerprint density at radius 2 is 2.07 bits per heavy atom. The van der Waals surface area contributed by atoms with Crippen LogP contribution in [-0.2, 0) is 4.79 Å². The molecule has 0 fully saturated rings. The Morgan fingerprint density at radius 3 is 2.81 bits per heavy atom. The quantitative estimate of drug-likeness (QED) is 0.570. The molecular formula is C18H15ClFN3O3S.